The smallest absolute Gasteiger partial charge is 0.0479 e. The van der Waals surface area contributed by atoms with Crippen LogP contribution in [0.2, 0.25) is 0 Å². The average molecular weight is 389 g/mol. The zero-order chi connectivity index (χ0) is 20.8. The van der Waals surface area contributed by atoms with Gasteiger partial charge >= 0.3 is 0 Å². The molecule has 0 atom stereocenters. The molecule has 0 radical (unpaired) electrons. The van der Waals surface area contributed by atoms with E-state index in [2.05, 4.69) is 68.3 Å². The van der Waals surface area contributed by atoms with Crippen molar-refractivity contribution in [2.75, 3.05) is 11.4 Å². The first kappa shape index (κ1) is 21.4. The van der Waals surface area contributed by atoms with Gasteiger partial charge in [0.15, 0.2) is 0 Å². The van der Waals surface area contributed by atoms with Crippen LogP contribution in [0, 0.1) is 0 Å². The van der Waals surface area contributed by atoms with Crippen molar-refractivity contribution in [3.8, 4) is 0 Å². The molecule has 1 saturated carbocycles. The fourth-order valence-corrected chi connectivity index (χ4v) is 4.09. The van der Waals surface area contributed by atoms with Crippen LogP contribution >= 0.6 is 0 Å². The minimum absolute atomic E-state index is 0.457. The average Bonchev–Trinajstić information content (AvgIpc) is 3.57. The molecule has 0 aliphatic heterocycles. The van der Waals surface area contributed by atoms with Crippen LogP contribution in [-0.4, -0.2) is 6.54 Å². The van der Waals surface area contributed by atoms with Crippen molar-refractivity contribution < 1.29 is 0 Å². The Morgan fingerprint density at radius 1 is 1.07 bits per heavy atom. The van der Waals surface area contributed by atoms with E-state index in [0.29, 0.717) is 6.54 Å². The van der Waals surface area contributed by atoms with E-state index in [1.807, 2.05) is 6.08 Å². The fraction of sp³-hybridized carbons (Fsp3) is 0.407. The van der Waals surface area contributed by atoms with Gasteiger partial charge in [0.25, 0.3) is 0 Å². The molecule has 2 aromatic rings. The SMILES string of the molecule is C=Cc1ccc(N(Cc2cc(CCC)cc(C3CC3)c2)C(=C)CN)c(CCC)c1. The van der Waals surface area contributed by atoms with Crippen LogP contribution < -0.4 is 10.6 Å². The number of aryl methyl sites for hydroxylation is 2. The predicted molar refractivity (Wildman–Crippen MR) is 127 cm³/mol. The van der Waals surface area contributed by atoms with E-state index in [-0.39, 0.29) is 0 Å². The second-order valence-corrected chi connectivity index (χ2v) is 8.31. The number of nitrogens with zero attached hydrogens (tertiary/aromatic N) is 1. The zero-order valence-corrected chi connectivity index (χ0v) is 18.2. The summed E-state index contributed by atoms with van der Waals surface area (Å²) in [6.07, 6.45) is 9.04. The summed E-state index contributed by atoms with van der Waals surface area (Å²) in [5.41, 5.74) is 15.1. The van der Waals surface area contributed by atoms with Crippen molar-refractivity contribution in [2.24, 2.45) is 5.73 Å². The molecule has 154 valence electrons. The van der Waals surface area contributed by atoms with Gasteiger partial charge in [-0.1, -0.05) is 70.2 Å². The summed E-state index contributed by atoms with van der Waals surface area (Å²) in [6.45, 7) is 14.0. The van der Waals surface area contributed by atoms with Crippen molar-refractivity contribution >= 4 is 11.8 Å². The molecular weight excluding hydrogens is 352 g/mol. The molecule has 1 fully saturated rings. The summed E-state index contributed by atoms with van der Waals surface area (Å²) >= 11 is 0. The van der Waals surface area contributed by atoms with Gasteiger partial charge in [-0.15, -0.1) is 0 Å². The molecule has 2 aromatic carbocycles. The second kappa shape index (κ2) is 9.93. The van der Waals surface area contributed by atoms with Crippen LogP contribution in [-0.2, 0) is 19.4 Å². The summed E-state index contributed by atoms with van der Waals surface area (Å²) in [5.74, 6) is 0.763. The Kier molecular flexibility index (Phi) is 7.33. The molecule has 3 rings (SSSR count). The van der Waals surface area contributed by atoms with Gasteiger partial charge in [-0.3, -0.25) is 0 Å². The summed E-state index contributed by atoms with van der Waals surface area (Å²) in [5, 5.41) is 0. The normalized spacial score (nSPS) is 13.3. The highest BCUT2D eigenvalue weighted by Gasteiger charge is 2.24. The molecule has 0 heterocycles. The molecule has 2 N–H and O–H groups in total. The van der Waals surface area contributed by atoms with Gasteiger partial charge in [-0.05, 0) is 71.6 Å². The lowest BCUT2D eigenvalue weighted by Crippen LogP contribution is -2.27. The summed E-state index contributed by atoms with van der Waals surface area (Å²) < 4.78 is 0. The van der Waals surface area contributed by atoms with Crippen molar-refractivity contribution in [3.05, 3.63) is 83.1 Å². The highest BCUT2D eigenvalue weighted by Crippen LogP contribution is 2.41. The van der Waals surface area contributed by atoms with Crippen LogP contribution in [0.1, 0.15) is 73.3 Å². The lowest BCUT2D eigenvalue weighted by molar-refractivity contribution is 0.848. The molecule has 1 aliphatic rings. The van der Waals surface area contributed by atoms with E-state index in [9.17, 15) is 0 Å². The molecule has 0 spiro atoms. The maximum absolute atomic E-state index is 6.05. The van der Waals surface area contributed by atoms with Crippen molar-refractivity contribution in [3.63, 3.8) is 0 Å². The molecule has 2 heteroatoms. The molecule has 0 saturated heterocycles. The van der Waals surface area contributed by atoms with Gasteiger partial charge in [0.1, 0.15) is 0 Å². The number of nitrogens with two attached hydrogens (primary N) is 1. The standard InChI is InChI=1S/C27H36N2/c1-5-8-22-14-23(17-26(16-22)24-11-12-24)19-29(20(4)18-28)27-13-10-21(7-3)15-25(27)9-6-2/h7,10,13-17,24H,3-6,8-9,11-12,18-19,28H2,1-2H3. The van der Waals surface area contributed by atoms with E-state index in [1.165, 1.54) is 47.2 Å². The highest BCUT2D eigenvalue weighted by atomic mass is 15.1. The van der Waals surface area contributed by atoms with Gasteiger partial charge in [0.05, 0.1) is 0 Å². The third-order valence-electron chi connectivity index (χ3n) is 5.77. The minimum Gasteiger partial charge on any atom is -0.340 e. The number of benzene rings is 2. The highest BCUT2D eigenvalue weighted by molar-refractivity contribution is 5.63. The van der Waals surface area contributed by atoms with Gasteiger partial charge < -0.3 is 10.6 Å². The Morgan fingerprint density at radius 3 is 2.41 bits per heavy atom. The van der Waals surface area contributed by atoms with Gasteiger partial charge in [-0.2, -0.15) is 0 Å². The third kappa shape index (κ3) is 5.39. The van der Waals surface area contributed by atoms with E-state index in [0.717, 1.165) is 43.0 Å². The van der Waals surface area contributed by atoms with Crippen LogP contribution in [0.15, 0.2) is 55.3 Å². The second-order valence-electron chi connectivity index (χ2n) is 8.31. The zero-order valence-electron chi connectivity index (χ0n) is 18.2. The summed E-state index contributed by atoms with van der Waals surface area (Å²) in [7, 11) is 0. The Labute approximate surface area is 177 Å². The summed E-state index contributed by atoms with van der Waals surface area (Å²) in [4.78, 5) is 2.32. The first-order valence-electron chi connectivity index (χ1n) is 11.1. The maximum atomic E-state index is 6.05. The van der Waals surface area contributed by atoms with E-state index >= 15 is 0 Å². The van der Waals surface area contributed by atoms with Crippen LogP contribution in [0.3, 0.4) is 0 Å². The predicted octanol–water partition coefficient (Wildman–Crippen LogP) is 6.59. The Hall–Kier alpha value is -2.32. The van der Waals surface area contributed by atoms with E-state index < -0.39 is 0 Å². The molecule has 0 aromatic heterocycles. The first-order valence-corrected chi connectivity index (χ1v) is 11.1. The Bertz CT molecular complexity index is 861. The van der Waals surface area contributed by atoms with Gasteiger partial charge in [0, 0.05) is 24.5 Å². The molecule has 2 nitrogen and oxygen atoms in total. The van der Waals surface area contributed by atoms with Crippen molar-refractivity contribution in [1.29, 1.82) is 0 Å². The maximum Gasteiger partial charge on any atom is 0.0479 e. The lowest BCUT2D eigenvalue weighted by atomic mass is 9.98. The number of hydrogen-bond acceptors (Lipinski definition) is 2. The molecular formula is C27H36N2. The number of rotatable bonds is 11. The van der Waals surface area contributed by atoms with Crippen LogP contribution in [0.25, 0.3) is 6.08 Å². The van der Waals surface area contributed by atoms with Crippen molar-refractivity contribution in [2.45, 2.75) is 64.8 Å². The molecule has 29 heavy (non-hydrogen) atoms. The van der Waals surface area contributed by atoms with E-state index in [1.54, 1.807) is 0 Å². The monoisotopic (exact) mass is 388 g/mol. The third-order valence-corrected chi connectivity index (χ3v) is 5.77. The van der Waals surface area contributed by atoms with Crippen LogP contribution in [0.4, 0.5) is 5.69 Å². The summed E-state index contributed by atoms with van der Waals surface area (Å²) in [6, 6.07) is 13.8. The number of hydrogen-bond donors (Lipinski definition) is 1. The fourth-order valence-electron chi connectivity index (χ4n) is 4.09. The lowest BCUT2D eigenvalue weighted by Gasteiger charge is -2.29. The number of anilines is 1. The largest absolute Gasteiger partial charge is 0.340 e. The molecule has 0 bridgehead atoms. The van der Waals surface area contributed by atoms with Gasteiger partial charge in [-0.25, -0.2) is 0 Å². The van der Waals surface area contributed by atoms with Gasteiger partial charge in [0.2, 0.25) is 0 Å². The van der Waals surface area contributed by atoms with Crippen molar-refractivity contribution in [1.82, 2.24) is 0 Å². The Balaban J connectivity index is 1.98. The Morgan fingerprint density at radius 2 is 1.79 bits per heavy atom. The van der Waals surface area contributed by atoms with Crippen LogP contribution in [0.5, 0.6) is 0 Å². The topological polar surface area (TPSA) is 29.3 Å². The van der Waals surface area contributed by atoms with E-state index in [4.69, 9.17) is 5.73 Å². The quantitative estimate of drug-likeness (QED) is 0.470. The molecule has 0 unspecified atom stereocenters. The first-order chi connectivity index (χ1) is 14.1. The minimum atomic E-state index is 0.457. The molecule has 0 amide bonds. The molecule has 1 aliphatic carbocycles.